The summed E-state index contributed by atoms with van der Waals surface area (Å²) in [5.74, 6) is 1.09. The minimum Gasteiger partial charge on any atom is -0.497 e. The van der Waals surface area contributed by atoms with E-state index >= 15 is 0 Å². The molecule has 3 nitrogen and oxygen atoms in total. The minimum atomic E-state index is 0.0613. The van der Waals surface area contributed by atoms with E-state index < -0.39 is 0 Å². The van der Waals surface area contributed by atoms with Crippen molar-refractivity contribution in [2.24, 2.45) is 0 Å². The van der Waals surface area contributed by atoms with Gasteiger partial charge in [0.15, 0.2) is 5.78 Å². The van der Waals surface area contributed by atoms with Crippen molar-refractivity contribution in [2.45, 2.75) is 25.3 Å². The summed E-state index contributed by atoms with van der Waals surface area (Å²) < 4.78 is 5.13. The van der Waals surface area contributed by atoms with E-state index in [1.165, 1.54) is 0 Å². The number of ether oxygens (including phenoxy) is 1. The standard InChI is InChI=1S/C13H17NO2/c1-16-11-5-2-4-10(8-11)9-13(15)12-6-3-7-14-12/h2,4-5,8,12,14H,3,6-7,9H2,1H3. The van der Waals surface area contributed by atoms with Crippen LogP contribution in [0.1, 0.15) is 18.4 Å². The van der Waals surface area contributed by atoms with Gasteiger partial charge >= 0.3 is 0 Å². The van der Waals surface area contributed by atoms with E-state index in [1.54, 1.807) is 7.11 Å². The highest BCUT2D eigenvalue weighted by atomic mass is 16.5. The van der Waals surface area contributed by atoms with Crippen LogP contribution in [-0.2, 0) is 11.2 Å². The van der Waals surface area contributed by atoms with Crippen molar-refractivity contribution in [3.8, 4) is 5.75 Å². The topological polar surface area (TPSA) is 38.3 Å². The molecule has 0 saturated carbocycles. The molecular weight excluding hydrogens is 202 g/mol. The van der Waals surface area contributed by atoms with E-state index in [4.69, 9.17) is 4.74 Å². The lowest BCUT2D eigenvalue weighted by Crippen LogP contribution is -2.31. The molecule has 16 heavy (non-hydrogen) atoms. The van der Waals surface area contributed by atoms with Crippen molar-refractivity contribution in [2.75, 3.05) is 13.7 Å². The molecule has 86 valence electrons. The van der Waals surface area contributed by atoms with Crippen LogP contribution in [0, 0.1) is 0 Å². The molecule has 1 fully saturated rings. The highest BCUT2D eigenvalue weighted by Gasteiger charge is 2.21. The zero-order valence-corrected chi connectivity index (χ0v) is 9.53. The second-order valence-corrected chi connectivity index (χ2v) is 4.14. The van der Waals surface area contributed by atoms with E-state index in [2.05, 4.69) is 5.32 Å². The van der Waals surface area contributed by atoms with Gasteiger partial charge in [-0.15, -0.1) is 0 Å². The average Bonchev–Trinajstić information content (AvgIpc) is 2.83. The maximum atomic E-state index is 11.9. The summed E-state index contributed by atoms with van der Waals surface area (Å²) in [6, 6.07) is 7.76. The number of ketones is 1. The third kappa shape index (κ3) is 2.61. The van der Waals surface area contributed by atoms with Gasteiger partial charge in [-0.05, 0) is 37.1 Å². The summed E-state index contributed by atoms with van der Waals surface area (Å²) in [7, 11) is 1.64. The van der Waals surface area contributed by atoms with Gasteiger partial charge in [0.1, 0.15) is 5.75 Å². The van der Waals surface area contributed by atoms with Crippen molar-refractivity contribution < 1.29 is 9.53 Å². The number of hydrogen-bond donors (Lipinski definition) is 1. The average molecular weight is 219 g/mol. The van der Waals surface area contributed by atoms with Gasteiger partial charge in [-0.3, -0.25) is 4.79 Å². The molecule has 0 bridgehead atoms. The summed E-state index contributed by atoms with van der Waals surface area (Å²) in [6.07, 6.45) is 2.58. The molecule has 1 unspecified atom stereocenters. The van der Waals surface area contributed by atoms with E-state index in [0.29, 0.717) is 6.42 Å². The van der Waals surface area contributed by atoms with Crippen molar-refractivity contribution in [1.82, 2.24) is 5.32 Å². The maximum absolute atomic E-state index is 11.9. The highest BCUT2D eigenvalue weighted by Crippen LogP contribution is 2.15. The Morgan fingerprint density at radius 2 is 2.44 bits per heavy atom. The molecule has 1 atom stereocenters. The molecule has 1 aromatic carbocycles. The molecule has 0 spiro atoms. The predicted octanol–water partition coefficient (Wildman–Crippen LogP) is 1.56. The number of methoxy groups -OCH3 is 1. The number of rotatable bonds is 4. The maximum Gasteiger partial charge on any atom is 0.154 e. The quantitative estimate of drug-likeness (QED) is 0.835. The van der Waals surface area contributed by atoms with Crippen LogP contribution in [-0.4, -0.2) is 25.5 Å². The Hall–Kier alpha value is -1.35. The zero-order chi connectivity index (χ0) is 11.4. The van der Waals surface area contributed by atoms with Gasteiger partial charge in [-0.2, -0.15) is 0 Å². The molecule has 1 aromatic rings. The molecule has 1 heterocycles. The number of carbonyl (C=O) groups is 1. The third-order valence-corrected chi connectivity index (χ3v) is 2.96. The summed E-state index contributed by atoms with van der Waals surface area (Å²) in [6.45, 7) is 0.967. The summed E-state index contributed by atoms with van der Waals surface area (Å²) >= 11 is 0. The fraction of sp³-hybridized carbons (Fsp3) is 0.462. The molecule has 1 aliphatic heterocycles. The molecule has 0 aliphatic carbocycles. The van der Waals surface area contributed by atoms with Gasteiger partial charge in [0.05, 0.1) is 13.2 Å². The van der Waals surface area contributed by atoms with Crippen molar-refractivity contribution in [1.29, 1.82) is 0 Å². The van der Waals surface area contributed by atoms with Crippen LogP contribution < -0.4 is 10.1 Å². The number of nitrogens with one attached hydrogen (secondary N) is 1. The number of Topliss-reactive ketones (excluding diaryl/α,β-unsaturated/α-hetero) is 1. The lowest BCUT2D eigenvalue weighted by Gasteiger charge is -2.09. The van der Waals surface area contributed by atoms with E-state index in [-0.39, 0.29) is 11.8 Å². The second-order valence-electron chi connectivity index (χ2n) is 4.14. The fourth-order valence-electron chi connectivity index (χ4n) is 2.07. The first-order chi connectivity index (χ1) is 7.79. The molecule has 2 rings (SSSR count). The molecule has 0 aromatic heterocycles. The normalized spacial score (nSPS) is 19.7. The highest BCUT2D eigenvalue weighted by molar-refractivity contribution is 5.86. The zero-order valence-electron chi connectivity index (χ0n) is 9.53. The first kappa shape index (κ1) is 11.1. The minimum absolute atomic E-state index is 0.0613. The van der Waals surface area contributed by atoms with Gasteiger partial charge in [-0.25, -0.2) is 0 Å². The van der Waals surface area contributed by atoms with E-state index in [9.17, 15) is 4.79 Å². The van der Waals surface area contributed by atoms with Crippen LogP contribution in [0.25, 0.3) is 0 Å². The van der Waals surface area contributed by atoms with Gasteiger partial charge in [0, 0.05) is 6.42 Å². The van der Waals surface area contributed by atoms with Crippen LogP contribution in [0.2, 0.25) is 0 Å². The Balaban J connectivity index is 1.99. The summed E-state index contributed by atoms with van der Waals surface area (Å²) in [5.41, 5.74) is 1.03. The first-order valence-electron chi connectivity index (χ1n) is 5.68. The molecule has 1 N–H and O–H groups in total. The van der Waals surface area contributed by atoms with Crippen LogP contribution in [0.5, 0.6) is 5.75 Å². The van der Waals surface area contributed by atoms with Crippen LogP contribution in [0.15, 0.2) is 24.3 Å². The largest absolute Gasteiger partial charge is 0.497 e. The van der Waals surface area contributed by atoms with Crippen LogP contribution in [0.4, 0.5) is 0 Å². The summed E-state index contributed by atoms with van der Waals surface area (Å²) in [5, 5.41) is 3.22. The van der Waals surface area contributed by atoms with Gasteiger partial charge in [-0.1, -0.05) is 12.1 Å². The molecule has 0 amide bonds. The Bertz CT molecular complexity index is 370. The Kier molecular flexibility index (Phi) is 3.57. The summed E-state index contributed by atoms with van der Waals surface area (Å²) in [4.78, 5) is 11.9. The smallest absolute Gasteiger partial charge is 0.154 e. The number of hydrogen-bond acceptors (Lipinski definition) is 3. The second kappa shape index (κ2) is 5.12. The van der Waals surface area contributed by atoms with Gasteiger partial charge in [0.2, 0.25) is 0 Å². The van der Waals surface area contributed by atoms with Crippen LogP contribution in [0.3, 0.4) is 0 Å². The number of benzene rings is 1. The molecule has 3 heteroatoms. The van der Waals surface area contributed by atoms with E-state index in [0.717, 1.165) is 30.7 Å². The monoisotopic (exact) mass is 219 g/mol. The lowest BCUT2D eigenvalue weighted by molar-refractivity contribution is -0.120. The van der Waals surface area contributed by atoms with Crippen molar-refractivity contribution in [3.05, 3.63) is 29.8 Å². The van der Waals surface area contributed by atoms with Gasteiger partial charge in [0.25, 0.3) is 0 Å². The predicted molar refractivity (Wildman–Crippen MR) is 62.7 cm³/mol. The Morgan fingerprint density at radius 3 is 3.12 bits per heavy atom. The fourth-order valence-corrected chi connectivity index (χ4v) is 2.07. The molecule has 1 aliphatic rings. The molecular formula is C13H17NO2. The molecule has 0 radical (unpaired) electrons. The van der Waals surface area contributed by atoms with Crippen molar-refractivity contribution in [3.63, 3.8) is 0 Å². The Morgan fingerprint density at radius 1 is 1.56 bits per heavy atom. The molecule has 1 saturated heterocycles. The SMILES string of the molecule is COc1cccc(CC(=O)C2CCCN2)c1. The van der Waals surface area contributed by atoms with Gasteiger partial charge < -0.3 is 10.1 Å². The van der Waals surface area contributed by atoms with Crippen molar-refractivity contribution >= 4 is 5.78 Å². The lowest BCUT2D eigenvalue weighted by atomic mass is 10.0. The number of carbonyl (C=O) groups excluding carboxylic acids is 1. The first-order valence-corrected chi connectivity index (χ1v) is 5.68. The van der Waals surface area contributed by atoms with Crippen LogP contribution >= 0.6 is 0 Å². The Labute approximate surface area is 95.8 Å². The third-order valence-electron chi connectivity index (χ3n) is 2.96. The van der Waals surface area contributed by atoms with E-state index in [1.807, 2.05) is 24.3 Å².